The van der Waals surface area contributed by atoms with Crippen LogP contribution in [0.2, 0.25) is 0 Å². The minimum Gasteiger partial charge on any atom is -0.325 e. The van der Waals surface area contributed by atoms with Gasteiger partial charge in [0.1, 0.15) is 5.57 Å². The summed E-state index contributed by atoms with van der Waals surface area (Å²) in [5.74, 6) is -1.70. The highest BCUT2D eigenvalue weighted by Gasteiger charge is 2.41. The van der Waals surface area contributed by atoms with Crippen molar-refractivity contribution in [1.29, 1.82) is 0 Å². The molecular weight excluding hydrogens is 621 g/mol. The van der Waals surface area contributed by atoms with Crippen LogP contribution in [-0.2, 0) is 14.4 Å². The SMILES string of the molecule is O=C(CSc1ccc(C=C2C(=O)N(c3ccccc3)C(=S)N(c3ccccc3)C2=O)cc1[N+](=O)[O-])Nc1ccc2ccccc2c1. The van der Waals surface area contributed by atoms with E-state index in [1.165, 1.54) is 28.0 Å². The summed E-state index contributed by atoms with van der Waals surface area (Å²) in [5.41, 5.74) is 1.35. The molecule has 5 aromatic rings. The second kappa shape index (κ2) is 13.1. The Labute approximate surface area is 273 Å². The number of carbonyl (C=O) groups is 3. The van der Waals surface area contributed by atoms with Crippen molar-refractivity contribution in [3.8, 4) is 0 Å². The van der Waals surface area contributed by atoms with E-state index >= 15 is 0 Å². The molecule has 11 heteroatoms. The summed E-state index contributed by atoms with van der Waals surface area (Å²) < 4.78 is 0. The Morgan fingerprint density at radius 3 is 1.98 bits per heavy atom. The monoisotopic (exact) mass is 644 g/mol. The van der Waals surface area contributed by atoms with Gasteiger partial charge >= 0.3 is 0 Å². The van der Waals surface area contributed by atoms with Crippen LogP contribution in [0.4, 0.5) is 22.7 Å². The largest absolute Gasteiger partial charge is 0.325 e. The number of nitro benzene ring substituents is 1. The lowest BCUT2D eigenvalue weighted by Gasteiger charge is -2.36. The first-order chi connectivity index (χ1) is 22.3. The number of carbonyl (C=O) groups excluding carboxylic acids is 3. The second-order valence-electron chi connectivity index (χ2n) is 10.2. The number of anilines is 3. The summed E-state index contributed by atoms with van der Waals surface area (Å²) in [4.78, 5) is 54.5. The van der Waals surface area contributed by atoms with Crippen LogP contribution in [0.1, 0.15) is 5.56 Å². The van der Waals surface area contributed by atoms with Gasteiger partial charge in [0.25, 0.3) is 17.5 Å². The van der Waals surface area contributed by atoms with Crippen LogP contribution in [-0.4, -0.2) is 33.5 Å². The molecule has 1 N–H and O–H groups in total. The van der Waals surface area contributed by atoms with Crippen LogP contribution in [0.25, 0.3) is 16.8 Å². The number of fused-ring (bicyclic) bond motifs is 1. The quantitative estimate of drug-likeness (QED) is 0.0474. The van der Waals surface area contributed by atoms with Gasteiger partial charge in [0.05, 0.1) is 26.9 Å². The fraction of sp³-hybridized carbons (Fsp3) is 0.0286. The number of nitrogens with one attached hydrogen (secondary N) is 1. The Morgan fingerprint density at radius 2 is 1.37 bits per heavy atom. The van der Waals surface area contributed by atoms with Gasteiger partial charge in [0.2, 0.25) is 5.91 Å². The lowest BCUT2D eigenvalue weighted by Crippen LogP contribution is -2.56. The molecule has 1 fully saturated rings. The van der Waals surface area contributed by atoms with Gasteiger partial charge in [-0.3, -0.25) is 34.3 Å². The van der Waals surface area contributed by atoms with E-state index in [9.17, 15) is 24.5 Å². The van der Waals surface area contributed by atoms with E-state index < -0.39 is 16.7 Å². The minimum atomic E-state index is -0.653. The topological polar surface area (TPSA) is 113 Å². The third kappa shape index (κ3) is 6.27. The summed E-state index contributed by atoms with van der Waals surface area (Å²) in [6.07, 6.45) is 1.33. The van der Waals surface area contributed by atoms with Gasteiger partial charge in [-0.2, -0.15) is 0 Å². The predicted molar refractivity (Wildman–Crippen MR) is 185 cm³/mol. The molecule has 1 saturated heterocycles. The van der Waals surface area contributed by atoms with Crippen molar-refractivity contribution in [2.24, 2.45) is 0 Å². The summed E-state index contributed by atoms with van der Waals surface area (Å²) >= 11 is 6.64. The van der Waals surface area contributed by atoms with Crippen molar-refractivity contribution in [2.75, 3.05) is 20.9 Å². The van der Waals surface area contributed by atoms with Gasteiger partial charge in [-0.15, -0.1) is 11.8 Å². The highest BCUT2D eigenvalue weighted by molar-refractivity contribution is 8.00. The Balaban J connectivity index is 1.27. The lowest BCUT2D eigenvalue weighted by molar-refractivity contribution is -0.387. The van der Waals surface area contributed by atoms with Crippen molar-refractivity contribution >= 4 is 86.4 Å². The minimum absolute atomic E-state index is 0.00996. The molecule has 6 rings (SSSR count). The lowest BCUT2D eigenvalue weighted by atomic mass is 10.0. The van der Waals surface area contributed by atoms with Gasteiger partial charge in [-0.05, 0) is 77.1 Å². The first-order valence-electron chi connectivity index (χ1n) is 14.0. The highest BCUT2D eigenvalue weighted by Crippen LogP contribution is 2.33. The molecule has 0 bridgehead atoms. The van der Waals surface area contributed by atoms with E-state index in [4.69, 9.17) is 12.2 Å². The Kier molecular flexibility index (Phi) is 8.68. The third-order valence-corrected chi connectivity index (χ3v) is 8.59. The smallest absolute Gasteiger partial charge is 0.283 e. The highest BCUT2D eigenvalue weighted by atomic mass is 32.2. The zero-order valence-electron chi connectivity index (χ0n) is 24.0. The fourth-order valence-electron chi connectivity index (χ4n) is 5.00. The Morgan fingerprint density at radius 1 is 0.783 bits per heavy atom. The fourth-order valence-corrected chi connectivity index (χ4v) is 6.18. The number of rotatable bonds is 8. The molecule has 5 aromatic carbocycles. The maximum absolute atomic E-state index is 13.8. The van der Waals surface area contributed by atoms with Crippen molar-refractivity contribution in [2.45, 2.75) is 4.90 Å². The molecule has 1 aliphatic rings. The van der Waals surface area contributed by atoms with E-state index in [-0.39, 0.29) is 38.5 Å². The molecule has 0 aromatic heterocycles. The molecule has 226 valence electrons. The van der Waals surface area contributed by atoms with Crippen LogP contribution in [0.15, 0.2) is 132 Å². The molecule has 0 aliphatic carbocycles. The van der Waals surface area contributed by atoms with Crippen LogP contribution < -0.4 is 15.1 Å². The van der Waals surface area contributed by atoms with Crippen LogP contribution in [0, 0.1) is 10.1 Å². The number of thioether (sulfide) groups is 1. The van der Waals surface area contributed by atoms with Gasteiger partial charge in [-0.25, -0.2) is 0 Å². The van der Waals surface area contributed by atoms with Gasteiger partial charge in [0.15, 0.2) is 5.11 Å². The molecular formula is C35H24N4O5S2. The Hall–Kier alpha value is -5.65. The number of amides is 3. The number of nitro groups is 1. The number of para-hydroxylation sites is 2. The molecule has 46 heavy (non-hydrogen) atoms. The molecule has 0 atom stereocenters. The molecule has 0 spiro atoms. The number of benzene rings is 5. The van der Waals surface area contributed by atoms with Gasteiger partial charge < -0.3 is 5.32 Å². The normalized spacial score (nSPS) is 13.2. The average molecular weight is 645 g/mol. The number of thiocarbonyl (C=S) groups is 1. The van der Waals surface area contributed by atoms with Crippen LogP contribution >= 0.6 is 24.0 Å². The molecule has 0 saturated carbocycles. The number of hydrogen-bond acceptors (Lipinski definition) is 7. The molecule has 0 unspecified atom stereocenters. The molecule has 1 heterocycles. The van der Waals surface area contributed by atoms with E-state index in [0.29, 0.717) is 17.1 Å². The third-order valence-electron chi connectivity index (χ3n) is 7.16. The molecule has 9 nitrogen and oxygen atoms in total. The van der Waals surface area contributed by atoms with E-state index in [1.807, 2.05) is 36.4 Å². The van der Waals surface area contributed by atoms with Gasteiger partial charge in [-0.1, -0.05) is 72.8 Å². The van der Waals surface area contributed by atoms with E-state index in [2.05, 4.69) is 5.32 Å². The van der Waals surface area contributed by atoms with Crippen LogP contribution in [0.3, 0.4) is 0 Å². The molecule has 1 aliphatic heterocycles. The van der Waals surface area contributed by atoms with Crippen molar-refractivity contribution < 1.29 is 19.3 Å². The number of hydrogen-bond donors (Lipinski definition) is 1. The molecule has 3 amide bonds. The predicted octanol–water partition coefficient (Wildman–Crippen LogP) is 7.23. The van der Waals surface area contributed by atoms with E-state index in [0.717, 1.165) is 22.5 Å². The zero-order valence-corrected chi connectivity index (χ0v) is 25.7. The molecule has 0 radical (unpaired) electrons. The van der Waals surface area contributed by atoms with Crippen molar-refractivity contribution in [3.63, 3.8) is 0 Å². The maximum atomic E-state index is 13.8. The zero-order chi connectivity index (χ0) is 32.2. The first-order valence-corrected chi connectivity index (χ1v) is 15.4. The van der Waals surface area contributed by atoms with Crippen molar-refractivity contribution in [3.05, 3.63) is 143 Å². The van der Waals surface area contributed by atoms with Gasteiger partial charge in [0, 0.05) is 11.8 Å². The number of nitrogens with zero attached hydrogens (tertiary/aromatic N) is 3. The summed E-state index contributed by atoms with van der Waals surface area (Å²) in [6.45, 7) is 0. The van der Waals surface area contributed by atoms with Crippen molar-refractivity contribution in [1.82, 2.24) is 0 Å². The Bertz CT molecular complexity index is 1990. The standard InChI is InChI=1S/C35H24N4O5S2/c40-32(36-26-17-16-24-9-7-8-10-25(24)21-26)22-46-31-18-15-23(20-30(31)39(43)44)19-29-33(41)37(27-11-3-1-4-12-27)35(45)38(34(29)42)28-13-5-2-6-14-28/h1-21H,22H2,(H,36,40). The first kappa shape index (κ1) is 30.4. The average Bonchev–Trinajstić information content (AvgIpc) is 3.07. The summed E-state index contributed by atoms with van der Waals surface area (Å²) in [5, 5.41) is 16.9. The van der Waals surface area contributed by atoms with E-state index in [1.54, 1.807) is 72.8 Å². The summed E-state index contributed by atoms with van der Waals surface area (Å²) in [7, 11) is 0. The second-order valence-corrected chi connectivity index (χ2v) is 11.6. The maximum Gasteiger partial charge on any atom is 0.283 e. The summed E-state index contributed by atoms with van der Waals surface area (Å²) in [6, 6.07) is 35.1. The van der Waals surface area contributed by atoms with Crippen LogP contribution in [0.5, 0.6) is 0 Å².